The van der Waals surface area contributed by atoms with Crippen molar-refractivity contribution < 1.29 is 9.53 Å². The molecule has 146 valence electrons. The molecule has 1 aromatic heterocycles. The lowest BCUT2D eigenvalue weighted by Gasteiger charge is -2.11. The van der Waals surface area contributed by atoms with Crippen molar-refractivity contribution in [2.24, 2.45) is 0 Å². The molecule has 0 saturated carbocycles. The number of aromatic nitrogens is 2. The zero-order valence-corrected chi connectivity index (χ0v) is 17.0. The minimum absolute atomic E-state index is 0.0825. The first-order chi connectivity index (χ1) is 13.5. The number of amides is 1. The van der Waals surface area contributed by atoms with Gasteiger partial charge in [0.15, 0.2) is 0 Å². The van der Waals surface area contributed by atoms with Gasteiger partial charge < -0.3 is 10.1 Å². The van der Waals surface area contributed by atoms with Crippen molar-refractivity contribution in [2.75, 3.05) is 13.7 Å². The molecule has 1 heterocycles. The topological polar surface area (TPSA) is 56.1 Å². The van der Waals surface area contributed by atoms with E-state index in [9.17, 15) is 4.79 Å². The van der Waals surface area contributed by atoms with Gasteiger partial charge in [-0.15, -0.1) is 0 Å². The van der Waals surface area contributed by atoms with Gasteiger partial charge in [-0.3, -0.25) is 9.48 Å². The maximum Gasteiger partial charge on any atom is 0.255 e. The number of benzene rings is 2. The summed E-state index contributed by atoms with van der Waals surface area (Å²) < 4.78 is 7.31. The third kappa shape index (κ3) is 4.42. The fourth-order valence-electron chi connectivity index (χ4n) is 3.44. The molecule has 0 aliphatic carbocycles. The van der Waals surface area contributed by atoms with Crippen molar-refractivity contribution in [3.05, 3.63) is 82.2 Å². The predicted molar refractivity (Wildman–Crippen MR) is 111 cm³/mol. The summed E-state index contributed by atoms with van der Waals surface area (Å²) >= 11 is 0. The SMILES string of the molecule is COc1ccc(C)cc1CCNC(=O)c1c(C)nn(Cc2ccccc2)c1C. The van der Waals surface area contributed by atoms with Gasteiger partial charge in [-0.2, -0.15) is 5.10 Å². The molecule has 1 amide bonds. The number of nitrogens with zero attached hydrogens (tertiary/aromatic N) is 2. The highest BCUT2D eigenvalue weighted by molar-refractivity contribution is 5.96. The molecule has 2 aromatic carbocycles. The molecule has 5 heteroatoms. The molecule has 28 heavy (non-hydrogen) atoms. The summed E-state index contributed by atoms with van der Waals surface area (Å²) in [7, 11) is 1.67. The highest BCUT2D eigenvalue weighted by atomic mass is 16.5. The predicted octanol–water partition coefficient (Wildman–Crippen LogP) is 3.84. The Labute approximate surface area is 166 Å². The minimum Gasteiger partial charge on any atom is -0.496 e. The van der Waals surface area contributed by atoms with Gasteiger partial charge in [0.2, 0.25) is 0 Å². The molecular weight excluding hydrogens is 350 g/mol. The van der Waals surface area contributed by atoms with Crippen LogP contribution < -0.4 is 10.1 Å². The molecule has 0 fully saturated rings. The Morgan fingerprint density at radius 1 is 1.11 bits per heavy atom. The largest absolute Gasteiger partial charge is 0.496 e. The van der Waals surface area contributed by atoms with Crippen LogP contribution in [0.2, 0.25) is 0 Å². The third-order valence-corrected chi connectivity index (χ3v) is 4.90. The van der Waals surface area contributed by atoms with Gasteiger partial charge in [-0.25, -0.2) is 0 Å². The van der Waals surface area contributed by atoms with Crippen molar-refractivity contribution in [3.8, 4) is 5.75 Å². The minimum atomic E-state index is -0.0825. The van der Waals surface area contributed by atoms with Crippen LogP contribution in [0.3, 0.4) is 0 Å². The van der Waals surface area contributed by atoms with E-state index in [1.165, 1.54) is 5.56 Å². The van der Waals surface area contributed by atoms with Crippen molar-refractivity contribution in [1.82, 2.24) is 15.1 Å². The van der Waals surface area contributed by atoms with Crippen LogP contribution in [0.25, 0.3) is 0 Å². The monoisotopic (exact) mass is 377 g/mol. The zero-order chi connectivity index (χ0) is 20.1. The van der Waals surface area contributed by atoms with E-state index in [4.69, 9.17) is 4.74 Å². The number of ether oxygens (including phenoxy) is 1. The summed E-state index contributed by atoms with van der Waals surface area (Å²) in [5, 5.41) is 7.60. The molecule has 3 aromatic rings. The molecule has 3 rings (SSSR count). The van der Waals surface area contributed by atoms with Crippen LogP contribution in [0, 0.1) is 20.8 Å². The lowest BCUT2D eigenvalue weighted by atomic mass is 10.1. The number of aryl methyl sites for hydroxylation is 2. The van der Waals surface area contributed by atoms with Gasteiger partial charge in [0.05, 0.1) is 24.9 Å². The number of nitrogens with one attached hydrogen (secondary N) is 1. The van der Waals surface area contributed by atoms with E-state index in [1.54, 1.807) is 7.11 Å². The van der Waals surface area contributed by atoms with E-state index in [0.717, 1.165) is 28.3 Å². The quantitative estimate of drug-likeness (QED) is 0.681. The lowest BCUT2D eigenvalue weighted by molar-refractivity contribution is 0.0952. The third-order valence-electron chi connectivity index (χ3n) is 4.90. The van der Waals surface area contributed by atoms with Gasteiger partial charge >= 0.3 is 0 Å². The zero-order valence-electron chi connectivity index (χ0n) is 17.0. The van der Waals surface area contributed by atoms with Crippen LogP contribution in [0.5, 0.6) is 5.75 Å². The van der Waals surface area contributed by atoms with E-state index in [2.05, 4.69) is 35.5 Å². The first-order valence-corrected chi connectivity index (χ1v) is 9.49. The molecule has 0 aliphatic rings. The molecule has 0 radical (unpaired) electrons. The Morgan fingerprint density at radius 3 is 2.57 bits per heavy atom. The van der Waals surface area contributed by atoms with Crippen LogP contribution >= 0.6 is 0 Å². The summed E-state index contributed by atoms with van der Waals surface area (Å²) in [6.45, 7) is 7.08. The molecule has 1 N–H and O–H groups in total. The molecular formula is C23H27N3O2. The standard InChI is InChI=1S/C23H27N3O2/c1-16-10-11-21(28-4)20(14-16)12-13-24-23(27)22-17(2)25-26(18(22)3)15-19-8-6-5-7-9-19/h5-11,14H,12-13,15H2,1-4H3,(H,24,27). The second kappa shape index (κ2) is 8.74. The van der Waals surface area contributed by atoms with E-state index >= 15 is 0 Å². The van der Waals surface area contributed by atoms with Crippen LogP contribution in [0.15, 0.2) is 48.5 Å². The van der Waals surface area contributed by atoms with Crippen LogP contribution in [0.1, 0.15) is 38.4 Å². The molecule has 5 nitrogen and oxygen atoms in total. The van der Waals surface area contributed by atoms with E-state index < -0.39 is 0 Å². The van der Waals surface area contributed by atoms with E-state index in [0.29, 0.717) is 25.1 Å². The van der Waals surface area contributed by atoms with Gasteiger partial charge in [0.1, 0.15) is 5.75 Å². The lowest BCUT2D eigenvalue weighted by Crippen LogP contribution is -2.27. The highest BCUT2D eigenvalue weighted by Crippen LogP contribution is 2.20. The van der Waals surface area contributed by atoms with Gasteiger partial charge in [-0.1, -0.05) is 48.0 Å². The summed E-state index contributed by atoms with van der Waals surface area (Å²) in [5.41, 5.74) is 5.72. The van der Waals surface area contributed by atoms with Gasteiger partial charge in [0.25, 0.3) is 5.91 Å². The number of hydrogen-bond acceptors (Lipinski definition) is 3. The Morgan fingerprint density at radius 2 is 1.86 bits per heavy atom. The molecule has 0 spiro atoms. The fourth-order valence-corrected chi connectivity index (χ4v) is 3.44. The highest BCUT2D eigenvalue weighted by Gasteiger charge is 2.18. The summed E-state index contributed by atoms with van der Waals surface area (Å²) in [6, 6.07) is 16.2. The first-order valence-electron chi connectivity index (χ1n) is 9.49. The number of methoxy groups -OCH3 is 1. The molecule has 0 bridgehead atoms. The first kappa shape index (κ1) is 19.7. The second-order valence-corrected chi connectivity index (χ2v) is 7.01. The smallest absolute Gasteiger partial charge is 0.255 e. The number of carbonyl (C=O) groups is 1. The van der Waals surface area contributed by atoms with Crippen molar-refractivity contribution in [1.29, 1.82) is 0 Å². The second-order valence-electron chi connectivity index (χ2n) is 7.01. The number of hydrogen-bond donors (Lipinski definition) is 1. The Bertz CT molecular complexity index is 961. The Kier molecular flexibility index (Phi) is 6.14. The average molecular weight is 377 g/mol. The van der Waals surface area contributed by atoms with Crippen molar-refractivity contribution in [3.63, 3.8) is 0 Å². The maximum atomic E-state index is 12.8. The van der Waals surface area contributed by atoms with Crippen molar-refractivity contribution >= 4 is 5.91 Å². The summed E-state index contributed by atoms with van der Waals surface area (Å²) in [5.74, 6) is 0.767. The molecule has 0 saturated heterocycles. The van der Waals surface area contributed by atoms with Gasteiger partial charge in [0, 0.05) is 12.2 Å². The molecule has 0 aliphatic heterocycles. The molecule has 0 atom stereocenters. The van der Waals surface area contributed by atoms with E-state index in [1.807, 2.05) is 48.9 Å². The van der Waals surface area contributed by atoms with Crippen LogP contribution in [-0.2, 0) is 13.0 Å². The summed E-state index contributed by atoms with van der Waals surface area (Å²) in [4.78, 5) is 12.8. The number of carbonyl (C=O) groups excluding carboxylic acids is 1. The maximum absolute atomic E-state index is 12.8. The normalized spacial score (nSPS) is 10.7. The number of rotatable bonds is 7. The van der Waals surface area contributed by atoms with Crippen molar-refractivity contribution in [2.45, 2.75) is 33.7 Å². The van der Waals surface area contributed by atoms with Gasteiger partial charge in [-0.05, 0) is 44.4 Å². The fraction of sp³-hybridized carbons (Fsp3) is 0.304. The summed E-state index contributed by atoms with van der Waals surface area (Å²) in [6.07, 6.45) is 0.715. The molecule has 0 unspecified atom stereocenters. The van der Waals surface area contributed by atoms with E-state index in [-0.39, 0.29) is 5.91 Å². The average Bonchev–Trinajstić information content (AvgIpc) is 2.96. The Balaban J connectivity index is 1.67. The van der Waals surface area contributed by atoms with Crippen LogP contribution in [0.4, 0.5) is 0 Å². The van der Waals surface area contributed by atoms with Crippen LogP contribution in [-0.4, -0.2) is 29.3 Å². The Hall–Kier alpha value is -3.08.